The minimum Gasteiger partial charge on any atom is -0.351 e. The van der Waals surface area contributed by atoms with Gasteiger partial charge < -0.3 is 5.32 Å². The predicted octanol–water partition coefficient (Wildman–Crippen LogP) is 7.37. The lowest BCUT2D eigenvalue weighted by atomic mass is 9.63. The second-order valence-corrected chi connectivity index (χ2v) is 14.2. The minimum absolute atomic E-state index is 0.0923. The number of carbonyl (C=O) groups excluding carboxylic acids is 2. The lowest BCUT2D eigenvalue weighted by molar-refractivity contribution is -0.131. The number of pyridine rings is 1. The van der Waals surface area contributed by atoms with E-state index >= 15 is 0 Å². The molecule has 2 aromatic rings. The largest absolute Gasteiger partial charge is 0.351 e. The maximum absolute atomic E-state index is 14.5. The molecule has 2 amide bonds. The normalized spacial score (nSPS) is 23.5. The Labute approximate surface area is 247 Å². The molecule has 2 heterocycles. The van der Waals surface area contributed by atoms with Crippen LogP contribution in [-0.4, -0.2) is 46.2 Å². The Bertz CT molecular complexity index is 1490. The van der Waals surface area contributed by atoms with Gasteiger partial charge in [-0.2, -0.15) is 5.26 Å². The van der Waals surface area contributed by atoms with E-state index in [9.17, 15) is 47.5 Å². The monoisotopic (exact) mass is 651 g/mol. The van der Waals surface area contributed by atoms with Crippen molar-refractivity contribution in [3.8, 4) is 6.19 Å². The number of hydrogen-bond donors (Lipinski definition) is 1. The van der Waals surface area contributed by atoms with Crippen molar-refractivity contribution in [2.45, 2.75) is 80.3 Å². The molecule has 2 aliphatic carbocycles. The summed E-state index contributed by atoms with van der Waals surface area (Å²) >= 11 is 0. The van der Waals surface area contributed by atoms with Crippen molar-refractivity contribution in [3.05, 3.63) is 54.1 Å². The van der Waals surface area contributed by atoms with Crippen molar-refractivity contribution in [3.63, 3.8) is 0 Å². The molecule has 1 aromatic carbocycles. The zero-order valence-electron chi connectivity index (χ0n) is 23.2. The number of rotatable bonds is 7. The van der Waals surface area contributed by atoms with Crippen LogP contribution in [-0.2, 0) is 9.59 Å². The molecule has 2 unspecified atom stereocenters. The van der Waals surface area contributed by atoms with Gasteiger partial charge in [-0.05, 0) is 62.4 Å². The summed E-state index contributed by atoms with van der Waals surface area (Å²) in [4.78, 5) is 31.9. The van der Waals surface area contributed by atoms with Gasteiger partial charge in [-0.15, -0.1) is 0 Å². The van der Waals surface area contributed by atoms with E-state index in [4.69, 9.17) is 0 Å². The summed E-state index contributed by atoms with van der Waals surface area (Å²) in [6.45, 7) is 0.193. The predicted molar refractivity (Wildman–Crippen MR) is 145 cm³/mol. The van der Waals surface area contributed by atoms with Gasteiger partial charge in [-0.25, -0.2) is 13.2 Å². The summed E-state index contributed by atoms with van der Waals surface area (Å²) in [6, 6.07) is -1.44. The van der Waals surface area contributed by atoms with Gasteiger partial charge in [0.15, 0.2) is 6.19 Å². The lowest BCUT2D eigenvalue weighted by Gasteiger charge is -2.45. The average molecular weight is 652 g/mol. The number of nitriles is 1. The maximum atomic E-state index is 14.5. The molecule has 7 nitrogen and oxygen atoms in total. The van der Waals surface area contributed by atoms with Crippen LogP contribution in [0.15, 0.2) is 47.6 Å². The van der Waals surface area contributed by atoms with E-state index in [0.717, 1.165) is 29.8 Å². The van der Waals surface area contributed by atoms with Crippen molar-refractivity contribution in [2.24, 2.45) is 5.41 Å². The van der Waals surface area contributed by atoms with Crippen molar-refractivity contribution < 1.29 is 42.2 Å². The minimum atomic E-state index is -10.1. The van der Waals surface area contributed by atoms with Crippen LogP contribution in [0.4, 0.5) is 38.3 Å². The third kappa shape index (κ3) is 6.29. The Morgan fingerprint density at radius 1 is 1.02 bits per heavy atom. The first-order valence-corrected chi connectivity index (χ1v) is 15.9. The second-order valence-electron chi connectivity index (χ2n) is 11.8. The van der Waals surface area contributed by atoms with Crippen molar-refractivity contribution in [1.82, 2.24) is 15.2 Å². The summed E-state index contributed by atoms with van der Waals surface area (Å²) < 4.78 is 110. The first-order chi connectivity index (χ1) is 20.3. The molecule has 2 atom stereocenters. The number of hydrogen-bond acceptors (Lipinski definition) is 5. The van der Waals surface area contributed by atoms with Crippen LogP contribution in [0.1, 0.15) is 63.0 Å². The number of alkyl halides is 2. The molecule has 5 rings (SSSR count). The van der Waals surface area contributed by atoms with Crippen LogP contribution in [0.2, 0.25) is 0 Å². The molecule has 16 heteroatoms. The van der Waals surface area contributed by atoms with Crippen LogP contribution in [0.3, 0.4) is 0 Å². The lowest BCUT2D eigenvalue weighted by Crippen LogP contribution is -2.56. The Kier molecular flexibility index (Phi) is 7.38. The number of carbonyl (C=O) groups is 2. The highest BCUT2D eigenvalue weighted by molar-refractivity contribution is 8.45. The topological polar surface area (TPSA) is 89.3 Å². The zero-order chi connectivity index (χ0) is 32.2. The molecule has 1 saturated heterocycles. The second kappa shape index (κ2) is 10.2. The molecule has 1 aliphatic heterocycles. The van der Waals surface area contributed by atoms with Crippen LogP contribution in [0.25, 0.3) is 0 Å². The average Bonchev–Trinajstić information content (AvgIpc) is 3.32. The molecule has 3 fully saturated rings. The van der Waals surface area contributed by atoms with E-state index in [0.29, 0.717) is 31.4 Å². The van der Waals surface area contributed by atoms with Crippen molar-refractivity contribution in [2.75, 3.05) is 11.4 Å². The van der Waals surface area contributed by atoms with Crippen LogP contribution < -0.4 is 10.2 Å². The zero-order valence-corrected chi connectivity index (χ0v) is 24.0. The van der Waals surface area contributed by atoms with E-state index < -0.39 is 80.7 Å². The fraction of sp³-hybridized carbons (Fsp3) is 0.500. The Morgan fingerprint density at radius 2 is 1.66 bits per heavy atom. The van der Waals surface area contributed by atoms with E-state index in [1.807, 2.05) is 6.19 Å². The number of amides is 2. The molecule has 1 aromatic heterocycles. The molecule has 3 aliphatic rings. The number of benzene rings is 1. The summed E-state index contributed by atoms with van der Waals surface area (Å²) in [5.74, 6) is -5.71. The fourth-order valence-electron chi connectivity index (χ4n) is 6.46. The molecule has 0 radical (unpaired) electrons. The summed E-state index contributed by atoms with van der Waals surface area (Å²) in [5.41, 5.74) is -1.29. The Hall–Kier alpha value is -3.61. The number of nitrogens with one attached hydrogen (secondary N) is 1. The van der Waals surface area contributed by atoms with Crippen LogP contribution >= 0.6 is 10.2 Å². The molecule has 44 heavy (non-hydrogen) atoms. The molecule has 1 N–H and O–H groups in total. The van der Waals surface area contributed by atoms with Crippen molar-refractivity contribution >= 4 is 27.7 Å². The van der Waals surface area contributed by atoms with E-state index in [2.05, 4.69) is 10.3 Å². The highest BCUT2D eigenvalue weighted by Crippen LogP contribution is 3.02. The van der Waals surface area contributed by atoms with Gasteiger partial charge in [0.25, 0.3) is 5.91 Å². The first-order valence-electron chi connectivity index (χ1n) is 13.9. The van der Waals surface area contributed by atoms with E-state index in [1.165, 1.54) is 4.90 Å². The van der Waals surface area contributed by atoms with Gasteiger partial charge in [0.1, 0.15) is 22.8 Å². The van der Waals surface area contributed by atoms with Crippen LogP contribution in [0, 0.1) is 22.7 Å². The SMILES string of the molecule is N#CN1CCC2(CCC2)C1C(=O)N(c1ccc(S(F)(F)(F)(F)F)cc1)C(C(=O)NC1CCC(F)(F)CC1)c1cncc(F)c1. The number of nitrogens with zero attached hydrogens (tertiary/aromatic N) is 4. The molecule has 0 bridgehead atoms. The molecule has 240 valence electrons. The number of likely N-dealkylation sites (tertiary alicyclic amines) is 1. The Morgan fingerprint density at radius 3 is 2.18 bits per heavy atom. The standard InChI is InChI=1S/C28H29F8N5O2S/c29-19-14-18(15-38-16-19)23(25(42)39-20-6-10-28(30,31)11-7-20)41(21-2-4-22(5-3-21)44(32,33,34,35)36)26(43)24-27(8-1-9-27)12-13-40(24)17-37/h2-5,14-16,20,23-24H,1,6-13H2,(H,39,42). The summed E-state index contributed by atoms with van der Waals surface area (Å²) in [5, 5.41) is 12.4. The number of halogens is 8. The molecule has 2 saturated carbocycles. The third-order valence-electron chi connectivity index (χ3n) is 8.86. The highest BCUT2D eigenvalue weighted by Gasteiger charge is 2.65. The van der Waals surface area contributed by atoms with Crippen LogP contribution in [0.5, 0.6) is 0 Å². The van der Waals surface area contributed by atoms with E-state index in [1.54, 1.807) is 0 Å². The highest BCUT2D eigenvalue weighted by atomic mass is 32.5. The molecule has 1 spiro atoms. The molecular weight excluding hydrogens is 622 g/mol. The Balaban J connectivity index is 1.62. The molecular formula is C28H29F8N5O2S. The van der Waals surface area contributed by atoms with Gasteiger partial charge >= 0.3 is 10.2 Å². The van der Waals surface area contributed by atoms with Gasteiger partial charge in [0, 0.05) is 48.3 Å². The fourth-order valence-corrected chi connectivity index (χ4v) is 7.11. The smallest absolute Gasteiger partial charge is 0.310 e. The van der Waals surface area contributed by atoms with Gasteiger partial charge in [-0.3, -0.25) is 24.4 Å². The van der Waals surface area contributed by atoms with Gasteiger partial charge in [-0.1, -0.05) is 25.8 Å². The van der Waals surface area contributed by atoms with Gasteiger partial charge in [0.2, 0.25) is 11.8 Å². The number of anilines is 1. The first kappa shape index (κ1) is 31.8. The quantitative estimate of drug-likeness (QED) is 0.250. The number of aromatic nitrogens is 1. The van der Waals surface area contributed by atoms with Gasteiger partial charge in [0.05, 0.1) is 6.20 Å². The maximum Gasteiger partial charge on any atom is 0.310 e. The summed E-state index contributed by atoms with van der Waals surface area (Å²) in [6.07, 6.45) is 4.83. The summed E-state index contributed by atoms with van der Waals surface area (Å²) in [7, 11) is -10.1. The third-order valence-corrected chi connectivity index (χ3v) is 10.0. The van der Waals surface area contributed by atoms with Crippen molar-refractivity contribution in [1.29, 1.82) is 5.26 Å². The van der Waals surface area contributed by atoms with E-state index in [-0.39, 0.29) is 37.1 Å².